The third-order valence-corrected chi connectivity index (χ3v) is 4.96. The van der Waals surface area contributed by atoms with Crippen molar-refractivity contribution < 1.29 is 9.53 Å². The molecule has 0 aliphatic heterocycles. The minimum absolute atomic E-state index is 0.0734. The molecule has 0 spiro atoms. The largest absolute Gasteiger partial charge is 0.464 e. The van der Waals surface area contributed by atoms with Crippen molar-refractivity contribution in [2.24, 2.45) is 0 Å². The van der Waals surface area contributed by atoms with Crippen molar-refractivity contribution in [2.45, 2.75) is 33.2 Å². The maximum absolute atomic E-state index is 12.4. The SMILES string of the molecule is CCCCOC(=O)Cn1c2ncnc(N)c2c2cc(-c3ccccn3)cc(C)c21. The van der Waals surface area contributed by atoms with Crippen LogP contribution in [0.25, 0.3) is 33.2 Å². The molecule has 0 fully saturated rings. The molecule has 3 heterocycles. The molecule has 1 aromatic carbocycles. The van der Waals surface area contributed by atoms with Crippen LogP contribution < -0.4 is 5.73 Å². The molecule has 148 valence electrons. The number of hydrogen-bond acceptors (Lipinski definition) is 6. The summed E-state index contributed by atoms with van der Waals surface area (Å²) in [6.45, 7) is 4.57. The lowest BCUT2D eigenvalue weighted by molar-refractivity contribution is -0.144. The maximum Gasteiger partial charge on any atom is 0.326 e. The number of ether oxygens (including phenoxy) is 1. The van der Waals surface area contributed by atoms with Crippen molar-refractivity contribution in [2.75, 3.05) is 12.3 Å². The Hall–Kier alpha value is -3.48. The minimum atomic E-state index is -0.289. The number of nitrogens with two attached hydrogens (primary N) is 1. The number of rotatable bonds is 6. The number of carbonyl (C=O) groups excluding carboxylic acids is 1. The molecule has 0 amide bonds. The molecular weight excluding hydrogens is 366 g/mol. The summed E-state index contributed by atoms with van der Waals surface area (Å²) in [6.07, 6.45) is 5.01. The number of aryl methyl sites for hydroxylation is 1. The second kappa shape index (κ2) is 7.87. The van der Waals surface area contributed by atoms with Gasteiger partial charge in [-0.15, -0.1) is 0 Å². The van der Waals surface area contributed by atoms with E-state index in [1.165, 1.54) is 6.33 Å². The zero-order chi connectivity index (χ0) is 20.4. The van der Waals surface area contributed by atoms with Crippen molar-refractivity contribution in [1.29, 1.82) is 0 Å². The maximum atomic E-state index is 12.4. The average Bonchev–Trinajstić information content (AvgIpc) is 3.04. The van der Waals surface area contributed by atoms with Gasteiger partial charge in [-0.1, -0.05) is 19.4 Å². The molecule has 0 radical (unpaired) electrons. The molecule has 7 heteroatoms. The molecule has 4 aromatic rings. The summed E-state index contributed by atoms with van der Waals surface area (Å²) < 4.78 is 7.24. The highest BCUT2D eigenvalue weighted by Gasteiger charge is 2.20. The van der Waals surface area contributed by atoms with Gasteiger partial charge in [-0.3, -0.25) is 9.78 Å². The number of nitrogen functional groups attached to an aromatic ring is 1. The van der Waals surface area contributed by atoms with Gasteiger partial charge in [0.05, 0.1) is 23.2 Å². The van der Waals surface area contributed by atoms with Crippen molar-refractivity contribution >= 4 is 33.7 Å². The third kappa shape index (κ3) is 3.51. The molecular formula is C22H23N5O2. The number of carbonyl (C=O) groups is 1. The molecule has 0 atom stereocenters. The Labute approximate surface area is 168 Å². The van der Waals surface area contributed by atoms with Crippen molar-refractivity contribution in [1.82, 2.24) is 19.5 Å². The van der Waals surface area contributed by atoms with E-state index >= 15 is 0 Å². The summed E-state index contributed by atoms with van der Waals surface area (Å²) in [4.78, 5) is 25.5. The fourth-order valence-electron chi connectivity index (χ4n) is 3.63. The van der Waals surface area contributed by atoms with E-state index in [4.69, 9.17) is 10.5 Å². The van der Waals surface area contributed by atoms with Gasteiger partial charge in [-0.2, -0.15) is 0 Å². The molecule has 0 aliphatic carbocycles. The van der Waals surface area contributed by atoms with E-state index in [2.05, 4.69) is 27.9 Å². The van der Waals surface area contributed by atoms with E-state index in [1.807, 2.05) is 35.8 Å². The van der Waals surface area contributed by atoms with Gasteiger partial charge in [0.2, 0.25) is 0 Å². The average molecular weight is 389 g/mol. The monoisotopic (exact) mass is 389 g/mol. The second-order valence-electron chi connectivity index (χ2n) is 7.02. The summed E-state index contributed by atoms with van der Waals surface area (Å²) in [5.74, 6) is 0.0957. The highest BCUT2D eigenvalue weighted by Crippen LogP contribution is 2.35. The van der Waals surface area contributed by atoms with Crippen LogP contribution in [0.2, 0.25) is 0 Å². The molecule has 3 aromatic heterocycles. The predicted molar refractivity (Wildman–Crippen MR) is 113 cm³/mol. The quantitative estimate of drug-likeness (QED) is 0.397. The number of benzene rings is 1. The molecule has 2 N–H and O–H groups in total. The number of hydrogen-bond donors (Lipinski definition) is 1. The summed E-state index contributed by atoms with van der Waals surface area (Å²) in [7, 11) is 0. The fourth-order valence-corrected chi connectivity index (χ4v) is 3.63. The summed E-state index contributed by atoms with van der Waals surface area (Å²) in [5, 5.41) is 1.64. The van der Waals surface area contributed by atoms with Crippen LogP contribution in [0.15, 0.2) is 42.9 Å². The minimum Gasteiger partial charge on any atom is -0.464 e. The van der Waals surface area contributed by atoms with Gasteiger partial charge in [0.15, 0.2) is 0 Å². The number of pyridine rings is 1. The molecule has 7 nitrogen and oxygen atoms in total. The van der Waals surface area contributed by atoms with Crippen LogP contribution in [-0.4, -0.2) is 32.1 Å². The van der Waals surface area contributed by atoms with Crippen molar-refractivity contribution in [3.63, 3.8) is 0 Å². The number of fused-ring (bicyclic) bond motifs is 3. The van der Waals surface area contributed by atoms with Gasteiger partial charge in [0, 0.05) is 17.1 Å². The van der Waals surface area contributed by atoms with Crippen LogP contribution in [0.4, 0.5) is 5.82 Å². The van der Waals surface area contributed by atoms with E-state index in [0.29, 0.717) is 18.1 Å². The Morgan fingerprint density at radius 1 is 1.21 bits per heavy atom. The van der Waals surface area contributed by atoms with Crippen molar-refractivity contribution in [3.05, 3.63) is 48.4 Å². The van der Waals surface area contributed by atoms with E-state index < -0.39 is 0 Å². The molecule has 0 aliphatic rings. The van der Waals surface area contributed by atoms with E-state index in [-0.39, 0.29) is 12.5 Å². The Morgan fingerprint density at radius 3 is 2.83 bits per heavy atom. The second-order valence-corrected chi connectivity index (χ2v) is 7.02. The van der Waals surface area contributed by atoms with Crippen LogP contribution in [0, 0.1) is 6.92 Å². The van der Waals surface area contributed by atoms with Gasteiger partial charge >= 0.3 is 5.97 Å². The Kier molecular flexibility index (Phi) is 5.12. The fraction of sp³-hybridized carbons (Fsp3) is 0.273. The molecule has 0 bridgehead atoms. The molecule has 0 saturated heterocycles. The number of unbranched alkanes of at least 4 members (excludes halogenated alkanes) is 1. The first-order valence-corrected chi connectivity index (χ1v) is 9.70. The van der Waals surface area contributed by atoms with Crippen molar-refractivity contribution in [3.8, 4) is 11.3 Å². The van der Waals surface area contributed by atoms with Crippen LogP contribution >= 0.6 is 0 Å². The topological polar surface area (TPSA) is 95.9 Å². The van der Waals surface area contributed by atoms with Crippen LogP contribution in [0.5, 0.6) is 0 Å². The molecule has 0 unspecified atom stereocenters. The Balaban J connectivity index is 1.89. The lowest BCUT2D eigenvalue weighted by Gasteiger charge is -2.10. The van der Waals surface area contributed by atoms with E-state index in [9.17, 15) is 4.79 Å². The van der Waals surface area contributed by atoms with E-state index in [1.54, 1.807) is 6.20 Å². The molecule has 0 saturated carbocycles. The van der Waals surface area contributed by atoms with Gasteiger partial charge < -0.3 is 15.0 Å². The summed E-state index contributed by atoms with van der Waals surface area (Å²) in [5.41, 5.74) is 10.6. The van der Waals surface area contributed by atoms with Gasteiger partial charge in [0.1, 0.15) is 24.3 Å². The smallest absolute Gasteiger partial charge is 0.326 e. The highest BCUT2D eigenvalue weighted by molar-refractivity contribution is 6.13. The Morgan fingerprint density at radius 2 is 2.07 bits per heavy atom. The first-order chi connectivity index (χ1) is 14.1. The summed E-state index contributed by atoms with van der Waals surface area (Å²) in [6, 6.07) is 9.90. The number of nitrogens with zero attached hydrogens (tertiary/aromatic N) is 4. The van der Waals surface area contributed by atoms with Gasteiger partial charge in [-0.25, -0.2) is 9.97 Å². The van der Waals surface area contributed by atoms with Crippen LogP contribution in [0.1, 0.15) is 25.3 Å². The molecule has 29 heavy (non-hydrogen) atoms. The number of aromatic nitrogens is 4. The first-order valence-electron chi connectivity index (χ1n) is 9.70. The zero-order valence-corrected chi connectivity index (χ0v) is 16.6. The van der Waals surface area contributed by atoms with Crippen LogP contribution in [0.3, 0.4) is 0 Å². The Bertz CT molecular complexity index is 1180. The molecule has 4 rings (SSSR count). The van der Waals surface area contributed by atoms with Gasteiger partial charge in [-0.05, 0) is 43.2 Å². The standard InChI is InChI=1S/C22H23N5O2/c1-3-4-9-29-18(28)12-27-20-14(2)10-15(17-7-5-6-8-24-17)11-16(20)19-21(23)25-13-26-22(19)27/h5-8,10-11,13H,3-4,9,12H2,1-2H3,(H2,23,25,26). The number of anilines is 1. The third-order valence-electron chi connectivity index (χ3n) is 4.96. The van der Waals surface area contributed by atoms with E-state index in [0.717, 1.165) is 46.0 Å². The van der Waals surface area contributed by atoms with Gasteiger partial charge in [0.25, 0.3) is 0 Å². The predicted octanol–water partition coefficient (Wildman–Crippen LogP) is 3.88. The lowest BCUT2D eigenvalue weighted by atomic mass is 10.0. The normalized spacial score (nSPS) is 11.2. The first kappa shape index (κ1) is 18.9. The summed E-state index contributed by atoms with van der Waals surface area (Å²) >= 11 is 0. The van der Waals surface area contributed by atoms with Crippen LogP contribution in [-0.2, 0) is 16.1 Å². The lowest BCUT2D eigenvalue weighted by Crippen LogP contribution is -2.15. The highest BCUT2D eigenvalue weighted by atomic mass is 16.5. The zero-order valence-electron chi connectivity index (χ0n) is 16.6. The number of esters is 1.